The predicted octanol–water partition coefficient (Wildman–Crippen LogP) is 18.5. The second kappa shape index (κ2) is 62.9. The average Bonchev–Trinajstić information content (AvgIpc) is 3.17. The number of carbonyl (C=O) groups excluding carboxylic acids is 2. The van der Waals surface area contributed by atoms with Gasteiger partial charge in [-0.05, 0) is 103 Å². The van der Waals surface area contributed by atoms with E-state index in [9.17, 15) is 35.1 Å². The molecule has 496 valence electrons. The molecule has 0 radical (unpaired) electrons. The Kier molecular flexibility index (Phi) is 59.5. The number of hydrogen-bond donors (Lipinski definition) is 6. The summed E-state index contributed by atoms with van der Waals surface area (Å²) >= 11 is 0. The highest BCUT2D eigenvalue weighted by Crippen LogP contribution is 2.23. The molecule has 0 aromatic carbocycles. The molecule has 1 heterocycles. The number of aliphatic hydroxyl groups excluding tert-OH is 5. The summed E-state index contributed by atoms with van der Waals surface area (Å²) in [6.45, 7) is 4.28. The minimum absolute atomic E-state index is 0.000349. The number of ether oxygens (including phenoxy) is 3. The molecular weight excluding hydrogens is 1060 g/mol. The summed E-state index contributed by atoms with van der Waals surface area (Å²) in [4.78, 5) is 25.1. The van der Waals surface area contributed by atoms with Crippen molar-refractivity contribution in [2.75, 3.05) is 19.8 Å². The van der Waals surface area contributed by atoms with Crippen LogP contribution in [0.3, 0.4) is 0 Å². The van der Waals surface area contributed by atoms with Gasteiger partial charge in [0.2, 0.25) is 5.91 Å². The van der Waals surface area contributed by atoms with E-state index in [-0.39, 0.29) is 18.5 Å². The lowest BCUT2D eigenvalue weighted by Gasteiger charge is -2.40. The molecule has 1 aliphatic rings. The molecule has 0 spiro atoms. The summed E-state index contributed by atoms with van der Waals surface area (Å²) in [7, 11) is 0. The summed E-state index contributed by atoms with van der Waals surface area (Å²) in [5, 5.41) is 54.2. The minimum Gasteiger partial charge on any atom is -0.466 e. The predicted molar refractivity (Wildman–Crippen MR) is 357 cm³/mol. The van der Waals surface area contributed by atoms with Crippen molar-refractivity contribution in [3.63, 3.8) is 0 Å². The molecule has 85 heavy (non-hydrogen) atoms. The number of hydrogen-bond acceptors (Lipinski definition) is 10. The molecule has 0 aliphatic carbocycles. The quantitative estimate of drug-likeness (QED) is 0.0195. The van der Waals surface area contributed by atoms with Gasteiger partial charge in [-0.3, -0.25) is 9.59 Å². The highest BCUT2D eigenvalue weighted by molar-refractivity contribution is 5.76. The van der Waals surface area contributed by atoms with Gasteiger partial charge < -0.3 is 45.1 Å². The monoisotopic (exact) mass is 1200 g/mol. The third-order valence-corrected chi connectivity index (χ3v) is 16.8. The molecule has 0 bridgehead atoms. The lowest BCUT2D eigenvalue weighted by molar-refractivity contribution is -0.302. The summed E-state index contributed by atoms with van der Waals surface area (Å²) < 4.78 is 16.7. The van der Waals surface area contributed by atoms with Crippen LogP contribution in [0.15, 0.2) is 60.8 Å². The van der Waals surface area contributed by atoms with E-state index >= 15 is 0 Å². The van der Waals surface area contributed by atoms with E-state index in [1.54, 1.807) is 6.08 Å². The molecule has 6 N–H and O–H groups in total. The number of nitrogens with one attached hydrogen (secondary N) is 1. The van der Waals surface area contributed by atoms with Gasteiger partial charge in [-0.1, -0.05) is 280 Å². The molecular formula is C74H135NO10. The summed E-state index contributed by atoms with van der Waals surface area (Å²) in [5.74, 6) is -0.191. The Morgan fingerprint density at radius 1 is 0.435 bits per heavy atom. The summed E-state index contributed by atoms with van der Waals surface area (Å²) in [6.07, 6.45) is 73.9. The SMILES string of the molecule is CCCCC/C=C/CC/C=C/C(O)C(COC1OC(CO)C(O)C(O)C1O)NC(=O)CCCCCCCCCCCCCCCCCCC/C=C\C/C=C\CCCCCCCCCCCCCOC(=O)CCCCCCC/C=C\CCCCCC. The lowest BCUT2D eigenvalue weighted by atomic mass is 9.99. The maximum Gasteiger partial charge on any atom is 0.305 e. The van der Waals surface area contributed by atoms with Crippen LogP contribution in [-0.4, -0.2) is 100 Å². The van der Waals surface area contributed by atoms with E-state index in [0.717, 1.165) is 64.2 Å². The first-order valence-corrected chi connectivity index (χ1v) is 36.1. The number of esters is 1. The van der Waals surface area contributed by atoms with E-state index in [4.69, 9.17) is 14.2 Å². The van der Waals surface area contributed by atoms with E-state index < -0.39 is 49.5 Å². The smallest absolute Gasteiger partial charge is 0.305 e. The standard InChI is InChI=1S/C74H135NO10/c1-3-5-7-9-11-13-14-38-42-46-50-54-58-62-70(79)83-63-59-55-51-47-43-40-37-35-33-31-29-27-25-23-21-19-17-15-16-18-20-22-24-26-28-30-32-34-36-39-41-45-49-53-57-61-69(78)75-66(67(77)60-56-52-48-44-12-10-8-6-4-2)65-84-74-73(82)72(81)71(80)68(64-76)85-74/h12-14,17,19,23,25,44,56,60,66-68,71-74,76-77,80-82H,3-11,15-16,18,20-22,24,26-43,45-55,57-59,61-65H2,1-2H3,(H,75,78)/b14-13-,19-17-,25-23-,44-12+,60-56+. The first-order valence-electron chi connectivity index (χ1n) is 36.1. The fourth-order valence-electron chi connectivity index (χ4n) is 11.1. The molecule has 1 fully saturated rings. The van der Waals surface area contributed by atoms with Crippen molar-refractivity contribution in [2.45, 2.75) is 378 Å². The van der Waals surface area contributed by atoms with Crippen LogP contribution in [0.25, 0.3) is 0 Å². The fourth-order valence-corrected chi connectivity index (χ4v) is 11.1. The largest absolute Gasteiger partial charge is 0.466 e. The van der Waals surface area contributed by atoms with Crippen molar-refractivity contribution in [2.24, 2.45) is 0 Å². The molecule has 0 aromatic heterocycles. The van der Waals surface area contributed by atoms with Crippen molar-refractivity contribution in [3.05, 3.63) is 60.8 Å². The average molecular weight is 1200 g/mol. The Bertz CT molecular complexity index is 1600. The van der Waals surface area contributed by atoms with Gasteiger partial charge in [-0.2, -0.15) is 0 Å². The van der Waals surface area contributed by atoms with Crippen LogP contribution in [0.1, 0.15) is 335 Å². The molecule has 11 nitrogen and oxygen atoms in total. The molecule has 11 heteroatoms. The van der Waals surface area contributed by atoms with Crippen LogP contribution in [-0.2, 0) is 23.8 Å². The molecule has 1 aliphatic heterocycles. The third kappa shape index (κ3) is 51.9. The van der Waals surface area contributed by atoms with Gasteiger partial charge in [0.25, 0.3) is 0 Å². The maximum absolute atomic E-state index is 13.0. The van der Waals surface area contributed by atoms with Crippen LogP contribution in [0.4, 0.5) is 0 Å². The Labute approximate surface area is 522 Å². The number of amides is 1. The molecule has 1 amide bonds. The second-order valence-electron chi connectivity index (χ2n) is 24.9. The number of aliphatic hydroxyl groups is 5. The number of unbranched alkanes of at least 4 members (excludes halogenated alkanes) is 41. The molecule has 0 aromatic rings. The van der Waals surface area contributed by atoms with Crippen LogP contribution in [0.2, 0.25) is 0 Å². The highest BCUT2D eigenvalue weighted by Gasteiger charge is 2.44. The van der Waals surface area contributed by atoms with Gasteiger partial charge in [0.1, 0.15) is 24.4 Å². The van der Waals surface area contributed by atoms with Gasteiger partial charge in [0, 0.05) is 12.8 Å². The lowest BCUT2D eigenvalue weighted by Crippen LogP contribution is -2.60. The second-order valence-corrected chi connectivity index (χ2v) is 24.9. The molecule has 1 rings (SSSR count). The van der Waals surface area contributed by atoms with Gasteiger partial charge in [0.15, 0.2) is 6.29 Å². The van der Waals surface area contributed by atoms with Crippen molar-refractivity contribution in [3.8, 4) is 0 Å². The third-order valence-electron chi connectivity index (χ3n) is 16.8. The zero-order chi connectivity index (χ0) is 61.6. The van der Waals surface area contributed by atoms with Crippen molar-refractivity contribution < 1.29 is 49.3 Å². The molecule has 1 saturated heterocycles. The first-order chi connectivity index (χ1) is 41.7. The number of rotatable bonds is 63. The Hall–Kier alpha value is -2.64. The molecule has 7 unspecified atom stereocenters. The van der Waals surface area contributed by atoms with E-state index in [1.807, 2.05) is 6.08 Å². The van der Waals surface area contributed by atoms with Crippen LogP contribution >= 0.6 is 0 Å². The van der Waals surface area contributed by atoms with Gasteiger partial charge in [-0.25, -0.2) is 0 Å². The Morgan fingerprint density at radius 2 is 0.800 bits per heavy atom. The Balaban J connectivity index is 1.91. The van der Waals surface area contributed by atoms with Crippen molar-refractivity contribution >= 4 is 11.9 Å². The summed E-state index contributed by atoms with van der Waals surface area (Å²) in [5.41, 5.74) is 0. The van der Waals surface area contributed by atoms with E-state index in [1.165, 1.54) is 244 Å². The maximum atomic E-state index is 13.0. The first kappa shape index (κ1) is 80.4. The zero-order valence-corrected chi connectivity index (χ0v) is 55.1. The minimum atomic E-state index is -1.58. The van der Waals surface area contributed by atoms with Crippen LogP contribution < -0.4 is 5.32 Å². The fraction of sp³-hybridized carbons (Fsp3) is 0.838. The van der Waals surface area contributed by atoms with Crippen LogP contribution in [0.5, 0.6) is 0 Å². The number of carbonyl (C=O) groups is 2. The van der Waals surface area contributed by atoms with Gasteiger partial charge >= 0.3 is 5.97 Å². The van der Waals surface area contributed by atoms with Gasteiger partial charge in [0.05, 0.1) is 32.0 Å². The van der Waals surface area contributed by atoms with Crippen molar-refractivity contribution in [1.82, 2.24) is 5.32 Å². The topological polar surface area (TPSA) is 175 Å². The normalized spacial score (nSPS) is 18.3. The van der Waals surface area contributed by atoms with Gasteiger partial charge in [-0.15, -0.1) is 0 Å². The molecule has 0 saturated carbocycles. The van der Waals surface area contributed by atoms with Crippen molar-refractivity contribution in [1.29, 1.82) is 0 Å². The Morgan fingerprint density at radius 3 is 1.26 bits per heavy atom. The zero-order valence-electron chi connectivity index (χ0n) is 55.1. The van der Waals surface area contributed by atoms with Crippen LogP contribution in [0, 0.1) is 0 Å². The highest BCUT2D eigenvalue weighted by atomic mass is 16.7. The number of allylic oxidation sites excluding steroid dienone is 9. The van der Waals surface area contributed by atoms with E-state index in [2.05, 4.69) is 67.8 Å². The summed E-state index contributed by atoms with van der Waals surface area (Å²) in [6, 6.07) is -0.825. The van der Waals surface area contributed by atoms with E-state index in [0.29, 0.717) is 19.4 Å². The molecule has 7 atom stereocenters.